The summed E-state index contributed by atoms with van der Waals surface area (Å²) in [6, 6.07) is 2.99. The number of nitrogen functional groups attached to an aromatic ring is 1. The van der Waals surface area contributed by atoms with E-state index in [1.807, 2.05) is 6.92 Å². The molecule has 0 radical (unpaired) electrons. The van der Waals surface area contributed by atoms with Crippen LogP contribution in [-0.4, -0.2) is 21.6 Å². The second-order valence-corrected chi connectivity index (χ2v) is 6.46. The van der Waals surface area contributed by atoms with Gasteiger partial charge in [0.15, 0.2) is 0 Å². The molecule has 7 heteroatoms. The number of carbonyl (C=O) groups is 1. The molecule has 0 aliphatic heterocycles. The molecule has 1 amide bonds. The molecule has 106 valence electrons. The maximum absolute atomic E-state index is 11.7. The number of nitrogens with one attached hydrogen (secondary N) is 1. The van der Waals surface area contributed by atoms with Crippen molar-refractivity contribution in [2.75, 3.05) is 22.6 Å². The standard InChI is InChI=1S/C12H16Cl2N2O2S/c1-2-3-4-19(18)7-11(17)16-12-9(14)5-8(13)6-10(12)15/h5-6H,2-4,7,15H2,1H3,(H,16,17). The zero-order valence-electron chi connectivity index (χ0n) is 10.5. The van der Waals surface area contributed by atoms with E-state index in [1.54, 1.807) is 0 Å². The van der Waals surface area contributed by atoms with Gasteiger partial charge in [-0.1, -0.05) is 36.5 Å². The molecule has 1 unspecified atom stereocenters. The quantitative estimate of drug-likeness (QED) is 0.790. The normalized spacial score (nSPS) is 12.2. The van der Waals surface area contributed by atoms with E-state index < -0.39 is 10.8 Å². The summed E-state index contributed by atoms with van der Waals surface area (Å²) in [7, 11) is -1.16. The molecule has 0 saturated carbocycles. The average Bonchev–Trinajstić information content (AvgIpc) is 2.31. The fourth-order valence-corrected chi connectivity index (χ4v) is 3.10. The van der Waals surface area contributed by atoms with Gasteiger partial charge in [-0.3, -0.25) is 9.00 Å². The predicted octanol–water partition coefficient (Wildman–Crippen LogP) is 3.06. The molecule has 0 fully saturated rings. The second-order valence-electron chi connectivity index (χ2n) is 4.04. The number of nitrogens with two attached hydrogens (primary N) is 1. The summed E-state index contributed by atoms with van der Waals surface area (Å²) in [6.07, 6.45) is 1.78. The summed E-state index contributed by atoms with van der Waals surface area (Å²) in [5.41, 5.74) is 6.31. The molecule has 3 N–H and O–H groups in total. The largest absolute Gasteiger partial charge is 0.397 e. The Morgan fingerprint density at radius 3 is 2.68 bits per heavy atom. The molecule has 1 rings (SSSR count). The topological polar surface area (TPSA) is 72.2 Å². The maximum atomic E-state index is 11.7. The first-order valence-electron chi connectivity index (χ1n) is 5.83. The summed E-state index contributed by atoms with van der Waals surface area (Å²) in [5.74, 6) is 0.0944. The van der Waals surface area contributed by atoms with E-state index >= 15 is 0 Å². The van der Waals surface area contributed by atoms with Gasteiger partial charge in [0.1, 0.15) is 5.75 Å². The van der Waals surface area contributed by atoms with Gasteiger partial charge >= 0.3 is 0 Å². The highest BCUT2D eigenvalue weighted by atomic mass is 35.5. The van der Waals surface area contributed by atoms with Crippen LogP contribution in [0, 0.1) is 0 Å². The lowest BCUT2D eigenvalue weighted by Gasteiger charge is -2.10. The van der Waals surface area contributed by atoms with Crippen molar-refractivity contribution in [3.63, 3.8) is 0 Å². The summed E-state index contributed by atoms with van der Waals surface area (Å²) < 4.78 is 11.6. The van der Waals surface area contributed by atoms with Gasteiger partial charge < -0.3 is 11.1 Å². The van der Waals surface area contributed by atoms with Crippen LogP contribution >= 0.6 is 23.2 Å². The number of hydrogen-bond donors (Lipinski definition) is 2. The minimum Gasteiger partial charge on any atom is -0.397 e. The van der Waals surface area contributed by atoms with Crippen LogP contribution in [0.5, 0.6) is 0 Å². The molecule has 0 aliphatic carbocycles. The van der Waals surface area contributed by atoms with Gasteiger partial charge in [-0.05, 0) is 18.6 Å². The fourth-order valence-electron chi connectivity index (χ4n) is 1.42. The Hall–Kier alpha value is -0.780. The van der Waals surface area contributed by atoms with E-state index in [9.17, 15) is 9.00 Å². The van der Waals surface area contributed by atoms with E-state index in [-0.39, 0.29) is 22.4 Å². The van der Waals surface area contributed by atoms with Crippen molar-refractivity contribution >= 4 is 51.3 Å². The van der Waals surface area contributed by atoms with Gasteiger partial charge in [0.05, 0.1) is 16.4 Å². The number of anilines is 2. The number of halogens is 2. The van der Waals surface area contributed by atoms with Crippen molar-refractivity contribution < 1.29 is 9.00 Å². The van der Waals surface area contributed by atoms with Crippen LogP contribution in [0.25, 0.3) is 0 Å². The van der Waals surface area contributed by atoms with E-state index in [2.05, 4.69) is 5.32 Å². The highest BCUT2D eigenvalue weighted by Crippen LogP contribution is 2.31. The molecule has 0 spiro atoms. The Morgan fingerprint density at radius 1 is 1.42 bits per heavy atom. The monoisotopic (exact) mass is 322 g/mol. The SMILES string of the molecule is CCCCS(=O)CC(=O)Nc1c(N)cc(Cl)cc1Cl. The molecule has 1 aromatic rings. The van der Waals surface area contributed by atoms with E-state index in [4.69, 9.17) is 28.9 Å². The van der Waals surface area contributed by atoms with Crippen LogP contribution in [-0.2, 0) is 15.6 Å². The Morgan fingerprint density at radius 2 is 2.11 bits per heavy atom. The summed E-state index contributed by atoms with van der Waals surface area (Å²) >= 11 is 11.7. The molecule has 0 aliphatic rings. The average molecular weight is 323 g/mol. The van der Waals surface area contributed by atoms with Crippen LogP contribution in [0.4, 0.5) is 11.4 Å². The van der Waals surface area contributed by atoms with Crippen molar-refractivity contribution in [2.24, 2.45) is 0 Å². The van der Waals surface area contributed by atoms with Gasteiger partial charge in [0.25, 0.3) is 0 Å². The second kappa shape index (κ2) is 7.72. The number of benzene rings is 1. The molecule has 1 aromatic carbocycles. The first-order chi connectivity index (χ1) is 8.93. The first-order valence-corrected chi connectivity index (χ1v) is 8.07. The third-order valence-corrected chi connectivity index (χ3v) is 4.21. The van der Waals surface area contributed by atoms with Crippen molar-refractivity contribution in [2.45, 2.75) is 19.8 Å². The van der Waals surface area contributed by atoms with Crippen LogP contribution in [0.1, 0.15) is 19.8 Å². The zero-order valence-corrected chi connectivity index (χ0v) is 12.9. The summed E-state index contributed by atoms with van der Waals surface area (Å²) in [4.78, 5) is 11.7. The lowest BCUT2D eigenvalue weighted by atomic mass is 10.2. The number of amides is 1. The van der Waals surface area contributed by atoms with Gasteiger partial charge in [-0.2, -0.15) is 0 Å². The van der Waals surface area contributed by atoms with Crippen molar-refractivity contribution in [3.05, 3.63) is 22.2 Å². The van der Waals surface area contributed by atoms with Crippen molar-refractivity contribution in [1.82, 2.24) is 0 Å². The number of rotatable bonds is 6. The van der Waals surface area contributed by atoms with Crippen molar-refractivity contribution in [3.8, 4) is 0 Å². The molecule has 0 aromatic heterocycles. The molecular formula is C12H16Cl2N2O2S. The molecule has 19 heavy (non-hydrogen) atoms. The Balaban J connectivity index is 2.65. The third-order valence-electron chi connectivity index (χ3n) is 2.37. The van der Waals surface area contributed by atoms with Gasteiger partial charge in [0, 0.05) is 21.6 Å². The number of carbonyl (C=O) groups excluding carboxylic acids is 1. The van der Waals surface area contributed by atoms with E-state index in [1.165, 1.54) is 12.1 Å². The number of unbranched alkanes of at least 4 members (excludes halogenated alkanes) is 1. The van der Waals surface area contributed by atoms with Gasteiger partial charge in [0.2, 0.25) is 5.91 Å². The first kappa shape index (κ1) is 16.3. The maximum Gasteiger partial charge on any atom is 0.237 e. The highest BCUT2D eigenvalue weighted by Gasteiger charge is 2.12. The predicted molar refractivity (Wildman–Crippen MR) is 82.3 cm³/mol. The van der Waals surface area contributed by atoms with Crippen LogP contribution in [0.3, 0.4) is 0 Å². The minimum atomic E-state index is -1.16. The molecule has 0 heterocycles. The summed E-state index contributed by atoms with van der Waals surface area (Å²) in [5, 5.41) is 3.22. The lowest BCUT2D eigenvalue weighted by Crippen LogP contribution is -2.21. The third kappa shape index (κ3) is 5.38. The Kier molecular flexibility index (Phi) is 6.62. The minimum absolute atomic E-state index is 0.0571. The fraction of sp³-hybridized carbons (Fsp3) is 0.417. The van der Waals surface area contributed by atoms with E-state index in [0.29, 0.717) is 16.5 Å². The Labute approximate surface area is 125 Å². The van der Waals surface area contributed by atoms with Crippen LogP contribution in [0.2, 0.25) is 10.0 Å². The molecule has 4 nitrogen and oxygen atoms in total. The molecule has 0 bridgehead atoms. The van der Waals surface area contributed by atoms with E-state index in [0.717, 1.165) is 12.8 Å². The lowest BCUT2D eigenvalue weighted by molar-refractivity contribution is -0.113. The highest BCUT2D eigenvalue weighted by molar-refractivity contribution is 7.85. The number of hydrogen-bond acceptors (Lipinski definition) is 3. The summed E-state index contributed by atoms with van der Waals surface area (Å²) in [6.45, 7) is 2.01. The van der Waals surface area contributed by atoms with Gasteiger partial charge in [-0.25, -0.2) is 0 Å². The van der Waals surface area contributed by atoms with Crippen molar-refractivity contribution in [1.29, 1.82) is 0 Å². The smallest absolute Gasteiger partial charge is 0.237 e. The molecular weight excluding hydrogens is 307 g/mol. The van der Waals surface area contributed by atoms with Crippen LogP contribution in [0.15, 0.2) is 12.1 Å². The van der Waals surface area contributed by atoms with Gasteiger partial charge in [-0.15, -0.1) is 0 Å². The Bertz CT molecular complexity index is 472. The van der Waals surface area contributed by atoms with Crippen LogP contribution < -0.4 is 11.1 Å². The molecule has 1 atom stereocenters. The molecule has 0 saturated heterocycles. The zero-order chi connectivity index (χ0) is 14.4.